The Balaban J connectivity index is 0.000000259. The van der Waals surface area contributed by atoms with Crippen LogP contribution in [0.3, 0.4) is 0 Å². The smallest absolute Gasteiger partial charge is 0.0213 e. The zero-order chi connectivity index (χ0) is 23.6. The van der Waals surface area contributed by atoms with E-state index in [1.165, 1.54) is 43.1 Å². The van der Waals surface area contributed by atoms with Crippen molar-refractivity contribution in [1.82, 2.24) is 0 Å². The summed E-state index contributed by atoms with van der Waals surface area (Å²) in [6.07, 6.45) is 0. The van der Waals surface area contributed by atoms with Crippen molar-refractivity contribution in [2.75, 3.05) is 0 Å². The third-order valence-corrected chi connectivity index (χ3v) is 5.62. The SMILES string of the molecule is C[SiH]C.Cl.Cl.[Hf].c1ccc2[cH-]ccc2c1.c1ccc2[cH-]ccc2c1.c1ccc2c(c1)[cH-]c1ccccc12. The number of hydrogen-bond donors (Lipinski definition) is 0. The summed E-state index contributed by atoms with van der Waals surface area (Å²) in [6.45, 7) is 4.42. The van der Waals surface area contributed by atoms with Crippen molar-refractivity contribution in [2.45, 2.75) is 13.1 Å². The first-order valence-corrected chi connectivity index (χ1v) is 14.1. The van der Waals surface area contributed by atoms with Crippen LogP contribution in [0.4, 0.5) is 0 Å². The number of rotatable bonds is 0. The third kappa shape index (κ3) is 8.86. The van der Waals surface area contributed by atoms with Crippen molar-refractivity contribution in [1.29, 1.82) is 0 Å². The van der Waals surface area contributed by atoms with Crippen molar-refractivity contribution < 1.29 is 25.8 Å². The van der Waals surface area contributed by atoms with Crippen LogP contribution >= 0.6 is 24.8 Å². The third-order valence-electron chi connectivity index (χ3n) is 5.62. The van der Waals surface area contributed by atoms with E-state index in [2.05, 4.69) is 153 Å². The van der Waals surface area contributed by atoms with Crippen LogP contribution in [0.5, 0.6) is 0 Å². The largest absolute Gasteiger partial charge is 0.168 e. The first-order valence-electron chi connectivity index (χ1n) is 11.8. The van der Waals surface area contributed by atoms with Gasteiger partial charge in [0.05, 0.1) is 0 Å². The monoisotopic (exact) mass is 706 g/mol. The molecular formula is C33H32Cl2HfSi-3. The summed E-state index contributed by atoms with van der Waals surface area (Å²) in [7, 11) is 0.750. The van der Waals surface area contributed by atoms with Crippen LogP contribution in [0.2, 0.25) is 13.1 Å². The molecule has 0 heterocycles. The van der Waals surface area contributed by atoms with E-state index in [1.54, 1.807) is 0 Å². The average Bonchev–Trinajstić information content (AvgIpc) is 3.63. The molecule has 0 nitrogen and oxygen atoms in total. The second-order valence-electron chi connectivity index (χ2n) is 8.21. The molecule has 7 rings (SSSR count). The van der Waals surface area contributed by atoms with Crippen LogP contribution in [0, 0.1) is 0 Å². The second kappa shape index (κ2) is 17.2. The minimum Gasteiger partial charge on any atom is -0.168 e. The van der Waals surface area contributed by atoms with E-state index < -0.39 is 0 Å². The van der Waals surface area contributed by atoms with E-state index >= 15 is 0 Å². The van der Waals surface area contributed by atoms with Crippen molar-refractivity contribution in [3.8, 4) is 0 Å². The van der Waals surface area contributed by atoms with Gasteiger partial charge < -0.3 is 0 Å². The van der Waals surface area contributed by atoms with Crippen molar-refractivity contribution in [2.24, 2.45) is 0 Å². The molecule has 0 aromatic heterocycles. The van der Waals surface area contributed by atoms with E-state index in [1.807, 2.05) is 0 Å². The van der Waals surface area contributed by atoms with Gasteiger partial charge in [0.25, 0.3) is 0 Å². The predicted octanol–water partition coefficient (Wildman–Crippen LogP) is 10.2. The number of fused-ring (bicyclic) bond motifs is 5. The van der Waals surface area contributed by atoms with Crippen LogP contribution in [-0.4, -0.2) is 9.52 Å². The molecule has 0 spiro atoms. The first kappa shape index (κ1) is 32.7. The fraction of sp³-hybridized carbons (Fsp3) is 0.0606. The Hall–Kier alpha value is -2.36. The standard InChI is InChI=1S/C13H9.2C9H7.C2H7Si.2ClH.Hf/c1-3-7-12-10(5-1)9-11-6-2-4-8-13(11)12;2*1-2-5-9-7-3-6-8(9)4-1;1-3-2;;;/h1-9H;2*1-7H;3H,1-2H3;2*1H;/q3*-1;;;;. The van der Waals surface area contributed by atoms with Gasteiger partial charge in [-0.3, -0.25) is 0 Å². The maximum atomic E-state index is 2.24. The van der Waals surface area contributed by atoms with Crippen LogP contribution in [-0.2, 0) is 25.8 Å². The molecule has 37 heavy (non-hydrogen) atoms. The molecule has 0 aliphatic heterocycles. The Labute approximate surface area is 254 Å². The summed E-state index contributed by atoms with van der Waals surface area (Å²) in [4.78, 5) is 0. The Morgan fingerprint density at radius 2 is 0.784 bits per heavy atom. The van der Waals surface area contributed by atoms with Crippen molar-refractivity contribution in [3.05, 3.63) is 140 Å². The fourth-order valence-corrected chi connectivity index (χ4v) is 4.04. The number of hydrogen-bond acceptors (Lipinski definition) is 0. The minimum atomic E-state index is 0. The van der Waals surface area contributed by atoms with Crippen LogP contribution < -0.4 is 0 Å². The van der Waals surface area contributed by atoms with Gasteiger partial charge in [0.2, 0.25) is 0 Å². The molecule has 0 aliphatic carbocycles. The molecular weight excluding hydrogens is 674 g/mol. The van der Waals surface area contributed by atoms with Crippen molar-refractivity contribution in [3.63, 3.8) is 0 Å². The molecule has 0 saturated heterocycles. The Morgan fingerprint density at radius 1 is 0.459 bits per heavy atom. The van der Waals surface area contributed by atoms with E-state index in [-0.39, 0.29) is 50.7 Å². The minimum absolute atomic E-state index is 0. The summed E-state index contributed by atoms with van der Waals surface area (Å²) in [6, 6.07) is 48.6. The fourth-order valence-electron chi connectivity index (χ4n) is 4.04. The quantitative estimate of drug-likeness (QED) is 0.109. The summed E-state index contributed by atoms with van der Waals surface area (Å²) < 4.78 is 0. The summed E-state index contributed by atoms with van der Waals surface area (Å²) in [5.74, 6) is 0. The summed E-state index contributed by atoms with van der Waals surface area (Å²) in [5, 5.41) is 10.7. The molecule has 0 atom stereocenters. The molecule has 0 fully saturated rings. The van der Waals surface area contributed by atoms with E-state index in [9.17, 15) is 0 Å². The molecule has 0 bridgehead atoms. The zero-order valence-corrected chi connectivity index (χ0v) is 27.6. The van der Waals surface area contributed by atoms with Gasteiger partial charge in [-0.05, 0) is 0 Å². The van der Waals surface area contributed by atoms with Gasteiger partial charge in [0.15, 0.2) is 0 Å². The Bertz CT molecular complexity index is 1400. The van der Waals surface area contributed by atoms with E-state index in [0.29, 0.717) is 0 Å². The molecule has 189 valence electrons. The topological polar surface area (TPSA) is 0 Å². The molecule has 0 N–H and O–H groups in total. The van der Waals surface area contributed by atoms with Gasteiger partial charge in [0.1, 0.15) is 0 Å². The summed E-state index contributed by atoms with van der Waals surface area (Å²) >= 11 is 0. The molecule has 0 unspecified atom stereocenters. The Kier molecular flexibility index (Phi) is 15.2. The second-order valence-corrected chi connectivity index (χ2v) is 9.36. The first-order chi connectivity index (χ1) is 16.8. The average molecular weight is 706 g/mol. The maximum absolute atomic E-state index is 2.24. The number of halogens is 2. The molecule has 7 aromatic carbocycles. The van der Waals surface area contributed by atoms with E-state index in [0.717, 1.165) is 9.52 Å². The van der Waals surface area contributed by atoms with Gasteiger partial charge >= 0.3 is 0 Å². The van der Waals surface area contributed by atoms with Crippen LogP contribution in [0.1, 0.15) is 0 Å². The molecule has 7 aromatic rings. The van der Waals surface area contributed by atoms with Gasteiger partial charge in [0, 0.05) is 35.4 Å². The molecule has 0 saturated carbocycles. The Morgan fingerprint density at radius 3 is 1.16 bits per heavy atom. The maximum Gasteiger partial charge on any atom is 0.0213 e. The predicted molar refractivity (Wildman–Crippen MR) is 170 cm³/mol. The molecule has 4 heteroatoms. The molecule has 0 aliphatic rings. The van der Waals surface area contributed by atoms with Crippen LogP contribution in [0.25, 0.3) is 43.1 Å². The van der Waals surface area contributed by atoms with Crippen molar-refractivity contribution >= 4 is 77.4 Å². The van der Waals surface area contributed by atoms with Crippen LogP contribution in [0.15, 0.2) is 140 Å². The van der Waals surface area contributed by atoms with E-state index in [4.69, 9.17) is 0 Å². The normalized spacial score (nSPS) is 9.35. The molecule has 0 amide bonds. The molecule has 1 radical (unpaired) electrons. The van der Waals surface area contributed by atoms with Gasteiger partial charge in [-0.25, -0.2) is 0 Å². The number of benzene rings is 4. The van der Waals surface area contributed by atoms with Gasteiger partial charge in [-0.2, -0.15) is 35.0 Å². The van der Waals surface area contributed by atoms with Gasteiger partial charge in [-0.15, -0.1) is 124 Å². The summed E-state index contributed by atoms with van der Waals surface area (Å²) in [5.41, 5.74) is 0. The van der Waals surface area contributed by atoms with Gasteiger partial charge in [-0.1, -0.05) is 61.6 Å². The zero-order valence-electron chi connectivity index (χ0n) is 21.2.